The first-order valence-electron chi connectivity index (χ1n) is 7.43. The fourth-order valence-electron chi connectivity index (χ4n) is 2.84. The van der Waals surface area contributed by atoms with E-state index in [0.717, 1.165) is 29.3 Å². The number of rotatable bonds is 4. The Morgan fingerprint density at radius 1 is 1.14 bits per heavy atom. The number of aryl methyl sites for hydroxylation is 1. The summed E-state index contributed by atoms with van der Waals surface area (Å²) in [5, 5.41) is 4.42. The van der Waals surface area contributed by atoms with E-state index in [0.29, 0.717) is 6.04 Å². The Bertz CT molecular complexity index is 622. The largest absolute Gasteiger partial charge is 0.491 e. The van der Waals surface area contributed by atoms with Gasteiger partial charge in [0.15, 0.2) is 0 Å². The standard InChI is InChI=1S/C18H20ClNO/c1-12(2)21-16-7-5-15(6-8-16)20-18-10-3-13-11-14(19)4-9-17(13)18/h4-9,11-12,18,20H,3,10H2,1-2H3. The van der Waals surface area contributed by atoms with Crippen LogP contribution in [0.2, 0.25) is 5.02 Å². The van der Waals surface area contributed by atoms with Gasteiger partial charge in [-0.15, -0.1) is 0 Å². The Labute approximate surface area is 131 Å². The Kier molecular flexibility index (Phi) is 4.07. The van der Waals surface area contributed by atoms with Crippen LogP contribution in [0.5, 0.6) is 5.75 Å². The summed E-state index contributed by atoms with van der Waals surface area (Å²) in [6.45, 7) is 4.07. The molecule has 0 saturated heterocycles. The highest BCUT2D eigenvalue weighted by atomic mass is 35.5. The molecule has 1 unspecified atom stereocenters. The van der Waals surface area contributed by atoms with E-state index in [1.807, 2.05) is 32.0 Å². The van der Waals surface area contributed by atoms with Gasteiger partial charge in [0.25, 0.3) is 0 Å². The Morgan fingerprint density at radius 3 is 2.62 bits per heavy atom. The van der Waals surface area contributed by atoms with Gasteiger partial charge in [0.2, 0.25) is 0 Å². The first-order chi connectivity index (χ1) is 10.1. The lowest BCUT2D eigenvalue weighted by Gasteiger charge is -2.16. The molecule has 0 saturated carbocycles. The zero-order valence-corrected chi connectivity index (χ0v) is 13.2. The fourth-order valence-corrected chi connectivity index (χ4v) is 3.03. The molecule has 21 heavy (non-hydrogen) atoms. The summed E-state index contributed by atoms with van der Waals surface area (Å²) in [5.41, 5.74) is 3.85. The molecule has 0 fully saturated rings. The van der Waals surface area contributed by atoms with Crippen molar-refractivity contribution in [1.82, 2.24) is 0 Å². The van der Waals surface area contributed by atoms with E-state index in [2.05, 4.69) is 29.6 Å². The van der Waals surface area contributed by atoms with E-state index in [1.54, 1.807) is 0 Å². The van der Waals surface area contributed by atoms with Crippen LogP contribution in [0.15, 0.2) is 42.5 Å². The van der Waals surface area contributed by atoms with E-state index in [9.17, 15) is 0 Å². The predicted molar refractivity (Wildman–Crippen MR) is 88.3 cm³/mol. The second-order valence-electron chi connectivity index (χ2n) is 5.77. The molecule has 3 heteroatoms. The highest BCUT2D eigenvalue weighted by molar-refractivity contribution is 6.30. The van der Waals surface area contributed by atoms with Gasteiger partial charge in [0.05, 0.1) is 12.1 Å². The summed E-state index contributed by atoms with van der Waals surface area (Å²) in [5.74, 6) is 0.911. The highest BCUT2D eigenvalue weighted by Crippen LogP contribution is 2.35. The number of hydrogen-bond donors (Lipinski definition) is 1. The zero-order valence-electron chi connectivity index (χ0n) is 12.4. The zero-order chi connectivity index (χ0) is 14.8. The molecule has 0 spiro atoms. The molecule has 0 amide bonds. The number of halogens is 1. The molecule has 2 aromatic carbocycles. The number of ether oxygens (including phenoxy) is 1. The number of nitrogens with one attached hydrogen (secondary N) is 1. The van der Waals surface area contributed by atoms with Gasteiger partial charge in [-0.05, 0) is 74.2 Å². The van der Waals surface area contributed by atoms with Gasteiger partial charge in [-0.2, -0.15) is 0 Å². The van der Waals surface area contributed by atoms with Crippen molar-refractivity contribution in [2.75, 3.05) is 5.32 Å². The van der Waals surface area contributed by atoms with Crippen LogP contribution in [0.3, 0.4) is 0 Å². The summed E-state index contributed by atoms with van der Waals surface area (Å²) in [6, 6.07) is 14.7. The first-order valence-corrected chi connectivity index (χ1v) is 7.81. The second kappa shape index (κ2) is 5.98. The second-order valence-corrected chi connectivity index (χ2v) is 6.21. The lowest BCUT2D eigenvalue weighted by atomic mass is 10.1. The van der Waals surface area contributed by atoms with Crippen molar-refractivity contribution in [3.05, 3.63) is 58.6 Å². The molecule has 1 aliphatic rings. The van der Waals surface area contributed by atoms with Gasteiger partial charge in [-0.25, -0.2) is 0 Å². The molecule has 0 radical (unpaired) electrons. The molecule has 3 rings (SSSR count). The van der Waals surface area contributed by atoms with Gasteiger partial charge >= 0.3 is 0 Å². The van der Waals surface area contributed by atoms with Gasteiger partial charge in [-0.1, -0.05) is 17.7 Å². The molecule has 0 bridgehead atoms. The van der Waals surface area contributed by atoms with Crippen molar-refractivity contribution in [3.8, 4) is 5.75 Å². The molecular weight excluding hydrogens is 282 g/mol. The molecule has 0 heterocycles. The topological polar surface area (TPSA) is 21.3 Å². The van der Waals surface area contributed by atoms with Crippen LogP contribution in [-0.2, 0) is 6.42 Å². The Balaban J connectivity index is 1.71. The summed E-state index contributed by atoms with van der Waals surface area (Å²) >= 11 is 6.06. The normalized spacial score (nSPS) is 16.9. The molecule has 0 aliphatic heterocycles. The van der Waals surface area contributed by atoms with Crippen LogP contribution < -0.4 is 10.1 Å². The van der Waals surface area contributed by atoms with E-state index < -0.39 is 0 Å². The number of hydrogen-bond acceptors (Lipinski definition) is 2. The maximum Gasteiger partial charge on any atom is 0.119 e. The minimum Gasteiger partial charge on any atom is -0.491 e. The van der Waals surface area contributed by atoms with Crippen molar-refractivity contribution in [1.29, 1.82) is 0 Å². The summed E-state index contributed by atoms with van der Waals surface area (Å²) in [7, 11) is 0. The maximum absolute atomic E-state index is 6.06. The smallest absolute Gasteiger partial charge is 0.119 e. The SMILES string of the molecule is CC(C)Oc1ccc(NC2CCc3cc(Cl)ccc32)cc1. The lowest BCUT2D eigenvalue weighted by Crippen LogP contribution is -2.08. The molecule has 0 aromatic heterocycles. The van der Waals surface area contributed by atoms with Crippen molar-refractivity contribution in [3.63, 3.8) is 0 Å². The van der Waals surface area contributed by atoms with Gasteiger partial charge in [0, 0.05) is 10.7 Å². The van der Waals surface area contributed by atoms with Crippen LogP contribution in [0.4, 0.5) is 5.69 Å². The van der Waals surface area contributed by atoms with Crippen molar-refractivity contribution < 1.29 is 4.74 Å². The van der Waals surface area contributed by atoms with Crippen molar-refractivity contribution in [2.24, 2.45) is 0 Å². The monoisotopic (exact) mass is 301 g/mol. The molecule has 1 atom stereocenters. The van der Waals surface area contributed by atoms with Gasteiger partial charge < -0.3 is 10.1 Å². The molecule has 1 N–H and O–H groups in total. The third kappa shape index (κ3) is 3.33. The minimum atomic E-state index is 0.204. The van der Waals surface area contributed by atoms with Gasteiger partial charge in [-0.3, -0.25) is 0 Å². The third-order valence-corrected chi connectivity index (χ3v) is 3.98. The van der Waals surface area contributed by atoms with Gasteiger partial charge in [0.1, 0.15) is 5.75 Å². The number of fused-ring (bicyclic) bond motifs is 1. The average molecular weight is 302 g/mol. The molecular formula is C18H20ClNO. The van der Waals surface area contributed by atoms with Crippen LogP contribution in [0.1, 0.15) is 37.4 Å². The third-order valence-electron chi connectivity index (χ3n) is 3.75. The molecule has 110 valence electrons. The minimum absolute atomic E-state index is 0.204. The number of benzene rings is 2. The van der Waals surface area contributed by atoms with Crippen molar-refractivity contribution in [2.45, 2.75) is 38.8 Å². The Morgan fingerprint density at radius 2 is 1.90 bits per heavy atom. The quantitative estimate of drug-likeness (QED) is 0.835. The molecule has 2 aromatic rings. The highest BCUT2D eigenvalue weighted by Gasteiger charge is 2.22. The van der Waals surface area contributed by atoms with Crippen LogP contribution in [0, 0.1) is 0 Å². The Hall–Kier alpha value is -1.67. The van der Waals surface area contributed by atoms with E-state index in [1.165, 1.54) is 11.1 Å². The number of anilines is 1. The van der Waals surface area contributed by atoms with E-state index in [-0.39, 0.29) is 6.10 Å². The van der Waals surface area contributed by atoms with Crippen LogP contribution >= 0.6 is 11.6 Å². The summed E-state index contributed by atoms with van der Waals surface area (Å²) < 4.78 is 5.67. The maximum atomic E-state index is 6.06. The van der Waals surface area contributed by atoms with Crippen LogP contribution in [0.25, 0.3) is 0 Å². The van der Waals surface area contributed by atoms with E-state index in [4.69, 9.17) is 16.3 Å². The fraction of sp³-hybridized carbons (Fsp3) is 0.333. The molecule has 1 aliphatic carbocycles. The summed E-state index contributed by atoms with van der Waals surface area (Å²) in [4.78, 5) is 0. The van der Waals surface area contributed by atoms with Crippen molar-refractivity contribution >= 4 is 17.3 Å². The average Bonchev–Trinajstić information content (AvgIpc) is 2.83. The summed E-state index contributed by atoms with van der Waals surface area (Å²) in [6.07, 6.45) is 2.40. The first kappa shape index (κ1) is 14.3. The lowest BCUT2D eigenvalue weighted by molar-refractivity contribution is 0.242. The molecule has 2 nitrogen and oxygen atoms in total. The van der Waals surface area contributed by atoms with Crippen LogP contribution in [-0.4, -0.2) is 6.10 Å². The van der Waals surface area contributed by atoms with E-state index >= 15 is 0 Å². The predicted octanol–water partition coefficient (Wildman–Crippen LogP) is 5.23.